The molecule has 0 radical (unpaired) electrons. The topological polar surface area (TPSA) is 99.2 Å². The molecule has 0 amide bonds. The number of hydrogen-bond acceptors (Lipinski definition) is 8. The predicted molar refractivity (Wildman–Crippen MR) is 126 cm³/mol. The predicted octanol–water partition coefficient (Wildman–Crippen LogP) is 3.88. The molecule has 0 N–H and O–H groups in total. The van der Waals surface area contributed by atoms with E-state index in [-0.39, 0.29) is 16.7 Å². The zero-order valence-electron chi connectivity index (χ0n) is 18.5. The van der Waals surface area contributed by atoms with Gasteiger partial charge < -0.3 is 23.2 Å². The van der Waals surface area contributed by atoms with E-state index in [4.69, 9.17) is 18.3 Å². The van der Waals surface area contributed by atoms with Gasteiger partial charge >= 0.3 is 11.3 Å². The molecule has 0 saturated heterocycles. The molecule has 8 heteroatoms. The van der Waals surface area contributed by atoms with Crippen LogP contribution >= 0.6 is 0 Å². The summed E-state index contributed by atoms with van der Waals surface area (Å²) in [6.07, 6.45) is 2.46. The summed E-state index contributed by atoms with van der Waals surface area (Å²) in [6.45, 7) is 0. The van der Waals surface area contributed by atoms with Gasteiger partial charge in [0, 0.05) is 43.4 Å². The van der Waals surface area contributed by atoms with Crippen molar-refractivity contribution in [1.82, 2.24) is 0 Å². The molecule has 0 atom stereocenters. The largest absolute Gasteiger partial charge is 0.496 e. The lowest BCUT2D eigenvalue weighted by Gasteiger charge is -2.12. The van der Waals surface area contributed by atoms with Crippen molar-refractivity contribution in [3.8, 4) is 11.5 Å². The highest BCUT2D eigenvalue weighted by Crippen LogP contribution is 2.31. The van der Waals surface area contributed by atoms with Crippen LogP contribution in [0.1, 0.15) is 15.9 Å². The maximum absolute atomic E-state index is 12.7. The van der Waals surface area contributed by atoms with Gasteiger partial charge in [0.05, 0.1) is 25.2 Å². The van der Waals surface area contributed by atoms with Gasteiger partial charge in [-0.3, -0.25) is 4.79 Å². The van der Waals surface area contributed by atoms with Crippen molar-refractivity contribution in [2.45, 2.75) is 0 Å². The van der Waals surface area contributed by atoms with Gasteiger partial charge in [-0.05, 0) is 36.4 Å². The molecule has 168 valence electrons. The summed E-state index contributed by atoms with van der Waals surface area (Å²) in [4.78, 5) is 39.5. The molecule has 33 heavy (non-hydrogen) atoms. The highest BCUT2D eigenvalue weighted by Gasteiger charge is 2.16. The summed E-state index contributed by atoms with van der Waals surface area (Å²) in [5.41, 5.74) is 0.136. The third-order valence-electron chi connectivity index (χ3n) is 5.19. The van der Waals surface area contributed by atoms with Gasteiger partial charge in [0.15, 0.2) is 5.78 Å². The molecule has 0 aliphatic rings. The third-order valence-corrected chi connectivity index (χ3v) is 5.19. The van der Waals surface area contributed by atoms with Crippen LogP contribution in [0, 0.1) is 0 Å². The fourth-order valence-electron chi connectivity index (χ4n) is 3.39. The minimum absolute atomic E-state index is 0.181. The summed E-state index contributed by atoms with van der Waals surface area (Å²) in [5, 5.41) is 1.15. The molecule has 8 nitrogen and oxygen atoms in total. The second kappa shape index (κ2) is 8.66. The summed E-state index contributed by atoms with van der Waals surface area (Å²) in [5.74, 6) is 0.214. The maximum atomic E-state index is 12.7. The van der Waals surface area contributed by atoms with E-state index in [1.54, 1.807) is 18.2 Å². The number of carbonyl (C=O) groups excluding carboxylic acids is 1. The van der Waals surface area contributed by atoms with Crippen LogP contribution in [0.15, 0.2) is 67.0 Å². The standard InChI is InChI=1S/C25H21NO7/c1-26(2)16-7-5-14-9-15(24(28)32-21(14)10-16)6-8-20(27)18-13-19-22(31-4)11-17(30-3)12-23(19)33-25(18)29/h5-13H,1-4H3/b8-6+. The van der Waals surface area contributed by atoms with Gasteiger partial charge in [-0.2, -0.15) is 0 Å². The number of anilines is 1. The fourth-order valence-corrected chi connectivity index (χ4v) is 3.39. The Bertz CT molecular complexity index is 1530. The maximum Gasteiger partial charge on any atom is 0.347 e. The quantitative estimate of drug-likeness (QED) is 0.249. The fraction of sp³-hybridized carbons (Fsp3) is 0.160. The van der Waals surface area contributed by atoms with E-state index in [0.29, 0.717) is 27.9 Å². The summed E-state index contributed by atoms with van der Waals surface area (Å²) < 4.78 is 21.2. The smallest absolute Gasteiger partial charge is 0.347 e. The molecule has 0 spiro atoms. The number of methoxy groups -OCH3 is 2. The Kier molecular flexibility index (Phi) is 5.74. The summed E-state index contributed by atoms with van der Waals surface area (Å²) >= 11 is 0. The number of fused-ring (bicyclic) bond motifs is 2. The Morgan fingerprint density at radius 2 is 1.67 bits per heavy atom. The molecule has 0 saturated carbocycles. The minimum atomic E-state index is -0.811. The lowest BCUT2D eigenvalue weighted by molar-refractivity contribution is 0.104. The molecule has 4 aromatic rings. The lowest BCUT2D eigenvalue weighted by Crippen LogP contribution is -2.12. The highest BCUT2D eigenvalue weighted by molar-refractivity contribution is 6.08. The minimum Gasteiger partial charge on any atom is -0.496 e. The molecule has 2 heterocycles. The average molecular weight is 447 g/mol. The van der Waals surface area contributed by atoms with Crippen molar-refractivity contribution in [2.24, 2.45) is 0 Å². The zero-order valence-corrected chi connectivity index (χ0v) is 18.5. The van der Waals surface area contributed by atoms with Crippen LogP contribution in [0.25, 0.3) is 28.0 Å². The van der Waals surface area contributed by atoms with Crippen molar-refractivity contribution in [2.75, 3.05) is 33.2 Å². The van der Waals surface area contributed by atoms with Crippen molar-refractivity contribution < 1.29 is 23.1 Å². The van der Waals surface area contributed by atoms with E-state index in [2.05, 4.69) is 0 Å². The molecule has 2 aromatic heterocycles. The first-order valence-electron chi connectivity index (χ1n) is 9.98. The third kappa shape index (κ3) is 4.23. The molecule has 0 aliphatic carbocycles. The average Bonchev–Trinajstić information content (AvgIpc) is 2.80. The van der Waals surface area contributed by atoms with E-state index in [1.165, 1.54) is 32.4 Å². The van der Waals surface area contributed by atoms with Crippen LogP contribution < -0.4 is 25.6 Å². The molecule has 0 aliphatic heterocycles. The first kappa shape index (κ1) is 21.9. The second-order valence-corrected chi connectivity index (χ2v) is 7.49. The Balaban J connectivity index is 1.71. The first-order chi connectivity index (χ1) is 15.8. The number of ether oxygens (including phenoxy) is 2. The van der Waals surface area contributed by atoms with Crippen LogP contribution in [-0.2, 0) is 0 Å². The number of nitrogens with zero attached hydrogens (tertiary/aromatic N) is 1. The lowest BCUT2D eigenvalue weighted by atomic mass is 10.1. The number of ketones is 1. The molecule has 0 bridgehead atoms. The Morgan fingerprint density at radius 3 is 2.36 bits per heavy atom. The molecule has 2 aromatic carbocycles. The number of rotatable bonds is 6. The first-order valence-corrected chi connectivity index (χ1v) is 9.98. The SMILES string of the molecule is COc1cc(OC)c2cc(C(=O)/C=C/c3cc4ccc(N(C)C)cc4oc3=O)c(=O)oc2c1. The van der Waals surface area contributed by atoms with Gasteiger partial charge in [-0.25, -0.2) is 9.59 Å². The van der Waals surface area contributed by atoms with E-state index in [9.17, 15) is 14.4 Å². The monoisotopic (exact) mass is 447 g/mol. The molecule has 4 rings (SSSR count). The van der Waals surface area contributed by atoms with Gasteiger partial charge in [-0.1, -0.05) is 0 Å². The van der Waals surface area contributed by atoms with Crippen molar-refractivity contribution in [3.63, 3.8) is 0 Å². The van der Waals surface area contributed by atoms with Gasteiger partial charge in [-0.15, -0.1) is 0 Å². The van der Waals surface area contributed by atoms with Crippen LogP contribution in [0.5, 0.6) is 11.5 Å². The molecular weight excluding hydrogens is 426 g/mol. The van der Waals surface area contributed by atoms with E-state index in [0.717, 1.165) is 11.8 Å². The number of benzene rings is 2. The van der Waals surface area contributed by atoms with Crippen LogP contribution in [-0.4, -0.2) is 34.1 Å². The Hall–Kier alpha value is -4.33. The van der Waals surface area contributed by atoms with E-state index < -0.39 is 17.0 Å². The molecular formula is C25H21NO7. The van der Waals surface area contributed by atoms with Crippen LogP contribution in [0.2, 0.25) is 0 Å². The number of hydrogen-bond donors (Lipinski definition) is 0. The normalized spacial score (nSPS) is 11.3. The van der Waals surface area contributed by atoms with Gasteiger partial charge in [0.2, 0.25) is 0 Å². The van der Waals surface area contributed by atoms with E-state index in [1.807, 2.05) is 31.1 Å². The Morgan fingerprint density at radius 1 is 0.909 bits per heavy atom. The van der Waals surface area contributed by atoms with Gasteiger partial charge in [0.1, 0.15) is 28.2 Å². The molecule has 0 fully saturated rings. The van der Waals surface area contributed by atoms with E-state index >= 15 is 0 Å². The Labute approximate surface area is 188 Å². The summed E-state index contributed by atoms with van der Waals surface area (Å²) in [6, 6.07) is 11.7. The second-order valence-electron chi connectivity index (χ2n) is 7.49. The van der Waals surface area contributed by atoms with Crippen LogP contribution in [0.4, 0.5) is 5.69 Å². The van der Waals surface area contributed by atoms with Crippen LogP contribution in [0.3, 0.4) is 0 Å². The van der Waals surface area contributed by atoms with Crippen molar-refractivity contribution >= 4 is 39.5 Å². The molecule has 0 unspecified atom stereocenters. The highest BCUT2D eigenvalue weighted by atomic mass is 16.5. The van der Waals surface area contributed by atoms with Crippen molar-refractivity contribution in [1.29, 1.82) is 0 Å². The summed E-state index contributed by atoms with van der Waals surface area (Å²) in [7, 11) is 6.71. The zero-order chi connectivity index (χ0) is 23.7. The number of carbonyl (C=O) groups is 1. The number of allylic oxidation sites excluding steroid dienone is 1. The van der Waals surface area contributed by atoms with Gasteiger partial charge in [0.25, 0.3) is 0 Å². The van der Waals surface area contributed by atoms with Crippen molar-refractivity contribution in [3.05, 3.63) is 80.5 Å².